The number of amides is 1. The molecule has 36 heavy (non-hydrogen) atoms. The Morgan fingerprint density at radius 3 is 2.39 bits per heavy atom. The third-order valence-electron chi connectivity index (χ3n) is 7.12. The van der Waals surface area contributed by atoms with Crippen LogP contribution in [0, 0.1) is 5.92 Å². The molecule has 0 saturated carbocycles. The van der Waals surface area contributed by atoms with E-state index in [1.54, 1.807) is 6.92 Å². The number of alkyl halides is 6. The van der Waals surface area contributed by atoms with E-state index in [0.717, 1.165) is 19.2 Å². The summed E-state index contributed by atoms with van der Waals surface area (Å²) in [5.41, 5.74) is -1.04. The van der Waals surface area contributed by atoms with E-state index in [1.165, 1.54) is 29.3 Å². The molecule has 0 spiro atoms. The van der Waals surface area contributed by atoms with Crippen molar-refractivity contribution in [1.29, 1.82) is 0 Å². The van der Waals surface area contributed by atoms with Gasteiger partial charge in [-0.15, -0.1) is 0 Å². The van der Waals surface area contributed by atoms with Gasteiger partial charge in [-0.05, 0) is 44.7 Å². The Hall–Kier alpha value is -2.60. The molecule has 6 nitrogen and oxygen atoms in total. The van der Waals surface area contributed by atoms with E-state index in [-0.39, 0.29) is 35.5 Å². The minimum absolute atomic E-state index is 0.0448. The Morgan fingerprint density at radius 1 is 1.06 bits per heavy atom. The fourth-order valence-corrected chi connectivity index (χ4v) is 5.00. The van der Waals surface area contributed by atoms with Gasteiger partial charge in [-0.2, -0.15) is 26.3 Å². The minimum atomic E-state index is -4.66. The summed E-state index contributed by atoms with van der Waals surface area (Å²) in [7, 11) is 1.98. The van der Waals surface area contributed by atoms with Gasteiger partial charge in [-0.1, -0.05) is 0 Å². The molecule has 198 valence electrons. The molecule has 1 amide bonds. The van der Waals surface area contributed by atoms with E-state index >= 15 is 0 Å². The Labute approximate surface area is 205 Å². The summed E-state index contributed by atoms with van der Waals surface area (Å²) < 4.78 is 82.1. The molecule has 0 radical (unpaired) electrons. The average Bonchev–Trinajstić information content (AvgIpc) is 2.82. The van der Waals surface area contributed by atoms with Gasteiger partial charge in [0.2, 0.25) is 5.91 Å². The number of piperidine rings is 1. The topological polar surface area (TPSA) is 51.7 Å². The lowest BCUT2D eigenvalue weighted by atomic mass is 9.92. The van der Waals surface area contributed by atoms with E-state index < -0.39 is 42.5 Å². The highest BCUT2D eigenvalue weighted by atomic mass is 19.4. The Kier molecular flexibility index (Phi) is 7.38. The molecule has 1 aromatic heterocycles. The molecule has 2 saturated heterocycles. The molecule has 2 fully saturated rings. The van der Waals surface area contributed by atoms with Crippen molar-refractivity contribution in [3.63, 3.8) is 0 Å². The summed E-state index contributed by atoms with van der Waals surface area (Å²) in [6.07, 6.45) is -8.25. The van der Waals surface area contributed by atoms with Crippen LogP contribution in [0.5, 0.6) is 0 Å². The number of hydrogen-bond acceptors (Lipinski definition) is 5. The third kappa shape index (κ3) is 5.69. The number of halogens is 6. The first-order valence-corrected chi connectivity index (χ1v) is 11.8. The molecule has 2 aliphatic rings. The van der Waals surface area contributed by atoms with Crippen LogP contribution in [-0.4, -0.2) is 85.3 Å². The maximum absolute atomic E-state index is 13.8. The number of piperazine rings is 1. The molecule has 3 atom stereocenters. The zero-order valence-electron chi connectivity index (χ0n) is 20.0. The van der Waals surface area contributed by atoms with E-state index in [2.05, 4.69) is 15.2 Å². The maximum Gasteiger partial charge on any atom is 0.418 e. The first kappa shape index (κ1) is 26.5. The van der Waals surface area contributed by atoms with Gasteiger partial charge >= 0.3 is 12.4 Å². The predicted octanol–water partition coefficient (Wildman–Crippen LogP) is 3.76. The minimum Gasteiger partial charge on any atom is -0.368 e. The molecule has 2 aliphatic heterocycles. The van der Waals surface area contributed by atoms with Crippen LogP contribution in [0.15, 0.2) is 30.5 Å². The first-order valence-electron chi connectivity index (χ1n) is 11.8. The highest BCUT2D eigenvalue weighted by Crippen LogP contribution is 2.40. The van der Waals surface area contributed by atoms with Gasteiger partial charge in [-0.3, -0.25) is 14.7 Å². The number of likely N-dealkylation sites (N-methyl/N-ethyl adjacent to an activating group) is 1. The van der Waals surface area contributed by atoms with Crippen molar-refractivity contribution < 1.29 is 31.1 Å². The van der Waals surface area contributed by atoms with Gasteiger partial charge < -0.3 is 15.1 Å². The number of carbonyl (C=O) groups excluding carboxylic acids is 1. The third-order valence-corrected chi connectivity index (χ3v) is 7.12. The van der Waals surface area contributed by atoms with Gasteiger partial charge in [0.1, 0.15) is 0 Å². The summed E-state index contributed by atoms with van der Waals surface area (Å²) in [4.78, 5) is 22.4. The molecule has 1 N–H and O–H groups in total. The number of anilines is 1. The van der Waals surface area contributed by atoms with Gasteiger partial charge in [0.05, 0.1) is 23.0 Å². The van der Waals surface area contributed by atoms with Crippen molar-refractivity contribution in [2.75, 3.05) is 51.2 Å². The fourth-order valence-electron chi connectivity index (χ4n) is 5.00. The molecule has 3 heterocycles. The number of nitrogens with one attached hydrogen (secondary N) is 1. The van der Waals surface area contributed by atoms with Gasteiger partial charge in [0.15, 0.2) is 0 Å². The molecule has 2 aromatic rings. The van der Waals surface area contributed by atoms with Gasteiger partial charge in [0, 0.05) is 62.6 Å². The number of nitrogens with zero attached hydrogens (tertiary/aromatic N) is 4. The van der Waals surface area contributed by atoms with Crippen molar-refractivity contribution in [1.82, 2.24) is 20.1 Å². The molecule has 1 aromatic carbocycles. The Bertz CT molecular complexity index is 1080. The summed E-state index contributed by atoms with van der Waals surface area (Å²) in [5, 5.41) is 2.90. The zero-order valence-corrected chi connectivity index (χ0v) is 20.0. The van der Waals surface area contributed by atoms with Crippen molar-refractivity contribution in [2.45, 2.75) is 37.8 Å². The van der Waals surface area contributed by atoms with Crippen LogP contribution >= 0.6 is 0 Å². The number of pyridine rings is 1. The predicted molar refractivity (Wildman–Crippen MR) is 124 cm³/mol. The second-order valence-electron chi connectivity index (χ2n) is 9.63. The van der Waals surface area contributed by atoms with E-state index in [0.29, 0.717) is 13.1 Å². The van der Waals surface area contributed by atoms with Crippen LogP contribution in [0.25, 0.3) is 10.9 Å². The van der Waals surface area contributed by atoms with Gasteiger partial charge in [-0.25, -0.2) is 0 Å². The number of benzene rings is 1. The lowest BCUT2D eigenvalue weighted by Crippen LogP contribution is -2.58. The molecule has 3 unspecified atom stereocenters. The monoisotopic (exact) mass is 517 g/mol. The van der Waals surface area contributed by atoms with Crippen LogP contribution in [0.3, 0.4) is 0 Å². The highest BCUT2D eigenvalue weighted by Gasteiger charge is 2.45. The molecule has 4 rings (SSSR count). The second-order valence-corrected chi connectivity index (χ2v) is 9.63. The van der Waals surface area contributed by atoms with Crippen molar-refractivity contribution >= 4 is 22.5 Å². The van der Waals surface area contributed by atoms with Crippen LogP contribution < -0.4 is 10.2 Å². The largest absolute Gasteiger partial charge is 0.418 e. The quantitative estimate of drug-likeness (QED) is 0.627. The van der Waals surface area contributed by atoms with Crippen LogP contribution in [0.1, 0.15) is 18.9 Å². The number of fused-ring (bicyclic) bond motifs is 1. The summed E-state index contributed by atoms with van der Waals surface area (Å²) in [6, 6.07) is 3.60. The summed E-state index contributed by atoms with van der Waals surface area (Å²) >= 11 is 0. The number of aromatic nitrogens is 1. The second kappa shape index (κ2) is 10.0. The van der Waals surface area contributed by atoms with Gasteiger partial charge in [0.25, 0.3) is 0 Å². The lowest BCUT2D eigenvalue weighted by molar-refractivity contribution is -0.178. The fraction of sp³-hybridized carbons (Fsp3) is 0.583. The zero-order chi connectivity index (χ0) is 26.3. The lowest BCUT2D eigenvalue weighted by Gasteiger charge is -2.41. The normalized spacial score (nSPS) is 23.6. The van der Waals surface area contributed by atoms with Crippen LogP contribution in [0.4, 0.5) is 32.0 Å². The van der Waals surface area contributed by atoms with E-state index in [4.69, 9.17) is 0 Å². The standard InChI is InChI=1S/C24H29F6N5O/c1-15(34-10-8-33(2)9-11-34)22(36)32-17-12-16(23(25,26)27)13-35(14-17)20-6-5-19(24(28,29)30)21-18(20)4-3-7-31-21/h3-7,15-17H,8-14H2,1-2H3,(H,32,36). The van der Waals surface area contributed by atoms with Crippen molar-refractivity contribution in [3.8, 4) is 0 Å². The summed E-state index contributed by atoms with van der Waals surface area (Å²) in [6.45, 7) is 4.30. The Balaban J connectivity index is 1.59. The van der Waals surface area contributed by atoms with E-state index in [1.807, 2.05) is 11.9 Å². The molecular formula is C24H29F6N5O. The molecular weight excluding hydrogens is 488 g/mol. The number of rotatable bonds is 4. The maximum atomic E-state index is 13.8. The molecule has 12 heteroatoms. The Morgan fingerprint density at radius 2 is 1.75 bits per heavy atom. The van der Waals surface area contributed by atoms with Crippen molar-refractivity contribution in [2.24, 2.45) is 5.92 Å². The number of hydrogen-bond donors (Lipinski definition) is 1. The summed E-state index contributed by atoms with van der Waals surface area (Å²) in [5.74, 6) is -2.10. The first-order chi connectivity index (χ1) is 16.8. The SMILES string of the molecule is CC(C(=O)NC1CC(C(F)(F)F)CN(c2ccc(C(F)(F)F)c3ncccc23)C1)N1CCN(C)CC1. The van der Waals surface area contributed by atoms with Crippen LogP contribution in [0.2, 0.25) is 0 Å². The smallest absolute Gasteiger partial charge is 0.368 e. The van der Waals surface area contributed by atoms with Crippen molar-refractivity contribution in [3.05, 3.63) is 36.0 Å². The highest BCUT2D eigenvalue weighted by molar-refractivity contribution is 5.94. The number of carbonyl (C=O) groups is 1. The molecule has 0 bridgehead atoms. The average molecular weight is 518 g/mol. The van der Waals surface area contributed by atoms with Crippen LogP contribution in [-0.2, 0) is 11.0 Å². The van der Waals surface area contributed by atoms with E-state index in [9.17, 15) is 31.1 Å². The molecule has 0 aliphatic carbocycles.